The first kappa shape index (κ1) is 12.2. The molecule has 0 amide bonds. The third-order valence-electron chi connectivity index (χ3n) is 2.72. The standard InChI is InChI=1S/C13H15N3O2/c1-15-12(7-8-14-15)9-16(10-13(17)18)11-5-3-2-4-6-11/h2-8H,9-10H2,1H3,(H,17,18). The highest BCUT2D eigenvalue weighted by atomic mass is 16.4. The summed E-state index contributed by atoms with van der Waals surface area (Å²) in [5.74, 6) is -0.846. The molecule has 0 unspecified atom stereocenters. The van der Waals surface area contributed by atoms with Gasteiger partial charge in [-0.3, -0.25) is 9.48 Å². The molecule has 0 bridgehead atoms. The van der Waals surface area contributed by atoms with E-state index in [1.165, 1.54) is 0 Å². The molecule has 5 nitrogen and oxygen atoms in total. The predicted octanol–water partition coefficient (Wildman–Crippen LogP) is 1.51. The number of carboxylic acid groups (broad SMARTS) is 1. The molecule has 18 heavy (non-hydrogen) atoms. The number of carbonyl (C=O) groups is 1. The van der Waals surface area contributed by atoms with Gasteiger partial charge in [-0.2, -0.15) is 5.10 Å². The number of rotatable bonds is 5. The van der Waals surface area contributed by atoms with Gasteiger partial charge >= 0.3 is 5.97 Å². The lowest BCUT2D eigenvalue weighted by molar-refractivity contribution is -0.135. The van der Waals surface area contributed by atoms with Gasteiger partial charge < -0.3 is 10.0 Å². The second kappa shape index (κ2) is 5.35. The Kier molecular flexibility index (Phi) is 3.62. The van der Waals surface area contributed by atoms with Crippen LogP contribution in [0.3, 0.4) is 0 Å². The Morgan fingerprint density at radius 1 is 1.33 bits per heavy atom. The van der Waals surface area contributed by atoms with E-state index in [0.717, 1.165) is 11.4 Å². The summed E-state index contributed by atoms with van der Waals surface area (Å²) in [4.78, 5) is 12.7. The van der Waals surface area contributed by atoms with E-state index >= 15 is 0 Å². The summed E-state index contributed by atoms with van der Waals surface area (Å²) >= 11 is 0. The van der Waals surface area contributed by atoms with Crippen molar-refractivity contribution in [3.8, 4) is 0 Å². The predicted molar refractivity (Wildman–Crippen MR) is 68.3 cm³/mol. The Balaban J connectivity index is 2.21. The Hall–Kier alpha value is -2.30. The van der Waals surface area contributed by atoms with Crippen LogP contribution in [0.2, 0.25) is 0 Å². The van der Waals surface area contributed by atoms with Crippen LogP contribution in [0.25, 0.3) is 0 Å². The van der Waals surface area contributed by atoms with E-state index in [4.69, 9.17) is 5.11 Å². The van der Waals surface area contributed by atoms with E-state index in [-0.39, 0.29) is 6.54 Å². The Morgan fingerprint density at radius 3 is 2.61 bits per heavy atom. The smallest absolute Gasteiger partial charge is 0.323 e. The summed E-state index contributed by atoms with van der Waals surface area (Å²) in [6.45, 7) is 0.488. The fourth-order valence-corrected chi connectivity index (χ4v) is 1.79. The van der Waals surface area contributed by atoms with Crippen molar-refractivity contribution in [3.63, 3.8) is 0 Å². The zero-order valence-corrected chi connectivity index (χ0v) is 10.2. The number of para-hydroxylation sites is 1. The molecule has 1 N–H and O–H groups in total. The highest BCUT2D eigenvalue weighted by Gasteiger charge is 2.12. The molecule has 0 saturated heterocycles. The topological polar surface area (TPSA) is 58.4 Å². The van der Waals surface area contributed by atoms with Gasteiger partial charge in [-0.15, -0.1) is 0 Å². The number of aliphatic carboxylic acids is 1. The van der Waals surface area contributed by atoms with Gasteiger partial charge in [0.25, 0.3) is 0 Å². The molecule has 1 aromatic carbocycles. The van der Waals surface area contributed by atoms with E-state index in [0.29, 0.717) is 6.54 Å². The zero-order chi connectivity index (χ0) is 13.0. The molecule has 0 saturated carbocycles. The molecule has 2 rings (SSSR count). The number of aromatic nitrogens is 2. The third kappa shape index (κ3) is 2.88. The molecule has 0 spiro atoms. The van der Waals surface area contributed by atoms with E-state index < -0.39 is 5.97 Å². The van der Waals surface area contributed by atoms with Gasteiger partial charge in [0.1, 0.15) is 6.54 Å². The molecule has 5 heteroatoms. The molecule has 1 heterocycles. The number of hydrogen-bond donors (Lipinski definition) is 1. The summed E-state index contributed by atoms with van der Waals surface area (Å²) in [6, 6.07) is 11.4. The second-order valence-electron chi connectivity index (χ2n) is 4.03. The summed E-state index contributed by atoms with van der Waals surface area (Å²) in [7, 11) is 1.85. The lowest BCUT2D eigenvalue weighted by Gasteiger charge is -2.22. The van der Waals surface area contributed by atoms with Crippen molar-refractivity contribution in [2.75, 3.05) is 11.4 Å². The van der Waals surface area contributed by atoms with Crippen molar-refractivity contribution >= 4 is 11.7 Å². The molecule has 0 aliphatic heterocycles. The minimum absolute atomic E-state index is 0.0325. The summed E-state index contributed by atoms with van der Waals surface area (Å²) < 4.78 is 1.75. The highest BCUT2D eigenvalue weighted by molar-refractivity contribution is 5.73. The van der Waals surface area contributed by atoms with Crippen LogP contribution in [0, 0.1) is 0 Å². The van der Waals surface area contributed by atoms with Crippen LogP contribution in [0.15, 0.2) is 42.6 Å². The van der Waals surface area contributed by atoms with Gasteiger partial charge in [0, 0.05) is 18.9 Å². The average Bonchev–Trinajstić information content (AvgIpc) is 2.75. The third-order valence-corrected chi connectivity index (χ3v) is 2.72. The van der Waals surface area contributed by atoms with E-state index in [1.807, 2.05) is 43.4 Å². The van der Waals surface area contributed by atoms with Crippen molar-refractivity contribution in [1.29, 1.82) is 0 Å². The monoisotopic (exact) mass is 245 g/mol. The maximum atomic E-state index is 10.9. The summed E-state index contributed by atoms with van der Waals surface area (Å²) in [5.41, 5.74) is 1.86. The van der Waals surface area contributed by atoms with Crippen LogP contribution in [0.4, 0.5) is 5.69 Å². The normalized spacial score (nSPS) is 10.3. The minimum Gasteiger partial charge on any atom is -0.480 e. The van der Waals surface area contributed by atoms with Gasteiger partial charge in [-0.05, 0) is 18.2 Å². The molecule has 0 aliphatic carbocycles. The second-order valence-corrected chi connectivity index (χ2v) is 4.03. The van der Waals surface area contributed by atoms with E-state index in [1.54, 1.807) is 15.8 Å². The van der Waals surface area contributed by atoms with E-state index in [2.05, 4.69) is 5.10 Å². The molecule has 0 radical (unpaired) electrons. The number of benzene rings is 1. The van der Waals surface area contributed by atoms with Crippen molar-refractivity contribution in [2.45, 2.75) is 6.54 Å². The van der Waals surface area contributed by atoms with Gasteiger partial charge in [-0.25, -0.2) is 0 Å². The summed E-state index contributed by atoms with van der Waals surface area (Å²) in [6.07, 6.45) is 1.71. The van der Waals surface area contributed by atoms with Gasteiger partial charge in [0.2, 0.25) is 0 Å². The Morgan fingerprint density at radius 2 is 2.06 bits per heavy atom. The first-order valence-electron chi connectivity index (χ1n) is 5.65. The SMILES string of the molecule is Cn1nccc1CN(CC(=O)O)c1ccccc1. The number of aryl methyl sites for hydroxylation is 1. The maximum Gasteiger partial charge on any atom is 0.323 e. The Labute approximate surface area is 105 Å². The number of carboxylic acids is 1. The molecule has 0 atom stereocenters. The quantitative estimate of drug-likeness (QED) is 0.867. The van der Waals surface area contributed by atoms with E-state index in [9.17, 15) is 4.79 Å². The van der Waals surface area contributed by atoms with Crippen LogP contribution in [-0.4, -0.2) is 27.4 Å². The van der Waals surface area contributed by atoms with Crippen molar-refractivity contribution in [1.82, 2.24) is 9.78 Å². The lowest BCUT2D eigenvalue weighted by Crippen LogP contribution is -2.29. The molecule has 2 aromatic rings. The lowest BCUT2D eigenvalue weighted by atomic mass is 10.2. The Bertz CT molecular complexity index is 522. The van der Waals surface area contributed by atoms with Crippen molar-refractivity contribution in [2.24, 2.45) is 7.05 Å². The fraction of sp³-hybridized carbons (Fsp3) is 0.231. The molecule has 0 aliphatic rings. The van der Waals surface area contributed by atoms with Crippen molar-refractivity contribution in [3.05, 3.63) is 48.3 Å². The fourth-order valence-electron chi connectivity index (χ4n) is 1.79. The molecule has 0 fully saturated rings. The van der Waals surface area contributed by atoms with Crippen LogP contribution in [0.1, 0.15) is 5.69 Å². The highest BCUT2D eigenvalue weighted by Crippen LogP contribution is 2.16. The molecular weight excluding hydrogens is 230 g/mol. The van der Waals surface area contributed by atoms with Gasteiger partial charge in [0.05, 0.1) is 12.2 Å². The van der Waals surface area contributed by atoms with Crippen LogP contribution >= 0.6 is 0 Å². The number of hydrogen-bond acceptors (Lipinski definition) is 3. The molecule has 94 valence electrons. The van der Waals surface area contributed by atoms with Crippen LogP contribution < -0.4 is 4.90 Å². The average molecular weight is 245 g/mol. The summed E-state index contributed by atoms with van der Waals surface area (Å²) in [5, 5.41) is 13.1. The first-order chi connectivity index (χ1) is 8.66. The number of anilines is 1. The van der Waals surface area contributed by atoms with Gasteiger partial charge in [0.15, 0.2) is 0 Å². The number of nitrogens with zero attached hydrogens (tertiary/aromatic N) is 3. The largest absolute Gasteiger partial charge is 0.480 e. The molecule has 1 aromatic heterocycles. The van der Waals surface area contributed by atoms with Crippen LogP contribution in [-0.2, 0) is 18.4 Å². The zero-order valence-electron chi connectivity index (χ0n) is 10.2. The minimum atomic E-state index is -0.846. The molecular formula is C13H15N3O2. The first-order valence-corrected chi connectivity index (χ1v) is 5.65. The van der Waals surface area contributed by atoms with Crippen LogP contribution in [0.5, 0.6) is 0 Å². The maximum absolute atomic E-state index is 10.9. The van der Waals surface area contributed by atoms with Crippen molar-refractivity contribution < 1.29 is 9.90 Å². The van der Waals surface area contributed by atoms with Gasteiger partial charge in [-0.1, -0.05) is 18.2 Å².